The fourth-order valence-corrected chi connectivity index (χ4v) is 5.08. The molecule has 1 fully saturated rings. The highest BCUT2D eigenvalue weighted by Gasteiger charge is 2.15. The Morgan fingerprint density at radius 3 is 1.63 bits per heavy atom. The molecule has 0 aliphatic heterocycles. The zero-order valence-electron chi connectivity index (χ0n) is 23.3. The second-order valence-corrected chi connectivity index (χ2v) is 12.6. The van der Waals surface area contributed by atoms with Gasteiger partial charge in [0, 0.05) is 37.2 Å². The number of H-pyrrole nitrogens is 3. The van der Waals surface area contributed by atoms with E-state index in [1.54, 1.807) is 10.8 Å². The lowest BCUT2D eigenvalue weighted by molar-refractivity contribution is 0.314. The van der Waals surface area contributed by atoms with Gasteiger partial charge in [-0.25, -0.2) is 14.4 Å². The van der Waals surface area contributed by atoms with Gasteiger partial charge in [-0.1, -0.05) is 26.2 Å². The van der Waals surface area contributed by atoms with E-state index in [0.29, 0.717) is 25.9 Å². The largest absolute Gasteiger partial charge is 0.328 e. The van der Waals surface area contributed by atoms with Crippen molar-refractivity contribution in [1.82, 2.24) is 28.7 Å². The molecule has 3 N–H and O–H groups in total. The van der Waals surface area contributed by atoms with Crippen LogP contribution in [0, 0.1) is 5.92 Å². The van der Waals surface area contributed by atoms with Crippen LogP contribution in [0.5, 0.6) is 0 Å². The summed E-state index contributed by atoms with van der Waals surface area (Å²) in [6.07, 6.45) is 11.6. The number of hydrogen-bond donors (Lipinski definition) is 3. The van der Waals surface area contributed by atoms with Crippen LogP contribution in [-0.4, -0.2) is 28.7 Å². The second kappa shape index (κ2) is 16.2. The maximum absolute atomic E-state index is 11.6. The predicted molar refractivity (Wildman–Crippen MR) is 169 cm³/mol. The van der Waals surface area contributed by atoms with Crippen molar-refractivity contribution >= 4 is 47.8 Å². The molecule has 0 spiro atoms. The molecule has 0 bridgehead atoms. The molecule has 41 heavy (non-hydrogen) atoms. The van der Waals surface area contributed by atoms with E-state index < -0.39 is 5.56 Å². The molecule has 1 saturated carbocycles. The van der Waals surface area contributed by atoms with Crippen LogP contribution in [0.25, 0.3) is 0 Å². The molecule has 0 saturated heterocycles. The Bertz CT molecular complexity index is 1660. The number of nitrogens with zero attached hydrogens (tertiary/aromatic N) is 3. The van der Waals surface area contributed by atoms with Crippen LogP contribution >= 0.6 is 47.8 Å². The fourth-order valence-electron chi connectivity index (χ4n) is 4.10. The smallest absolute Gasteiger partial charge is 0.299 e. The van der Waals surface area contributed by atoms with Crippen molar-refractivity contribution in [1.29, 1.82) is 0 Å². The van der Waals surface area contributed by atoms with Gasteiger partial charge in [0.15, 0.2) is 0 Å². The van der Waals surface area contributed by atoms with Gasteiger partial charge in [-0.15, -0.1) is 0 Å². The minimum absolute atomic E-state index is 0.0469. The van der Waals surface area contributed by atoms with Crippen LogP contribution in [0.3, 0.4) is 0 Å². The summed E-state index contributed by atoms with van der Waals surface area (Å²) in [5.74, 6) is 0.573. The molecule has 0 aromatic carbocycles. The molecule has 4 rings (SSSR count). The lowest BCUT2D eigenvalue weighted by Gasteiger charge is -2.22. The van der Waals surface area contributed by atoms with Crippen LogP contribution < -0.4 is 33.7 Å². The molecule has 3 heterocycles. The molecule has 0 amide bonds. The van der Waals surface area contributed by atoms with E-state index in [4.69, 9.17) is 0 Å². The number of hydrogen-bond acceptors (Lipinski definition) is 6. The lowest BCUT2D eigenvalue weighted by Crippen LogP contribution is -2.32. The van der Waals surface area contributed by atoms with Gasteiger partial charge in [-0.05, 0) is 93.7 Å². The monoisotopic (exact) mass is 764 g/mol. The first-order chi connectivity index (χ1) is 19.2. The van der Waals surface area contributed by atoms with E-state index >= 15 is 0 Å². The number of nitrogens with one attached hydrogen (secondary N) is 3. The summed E-state index contributed by atoms with van der Waals surface area (Å²) in [5, 5.41) is 0. The molecule has 1 unspecified atom stereocenters. The average molecular weight is 767 g/mol. The first-order valence-electron chi connectivity index (χ1n) is 13.3. The van der Waals surface area contributed by atoms with Crippen molar-refractivity contribution in [3.8, 4) is 0 Å². The van der Waals surface area contributed by atoms with Crippen molar-refractivity contribution in [2.75, 3.05) is 0 Å². The molecule has 0 radical (unpaired) electrons. The van der Waals surface area contributed by atoms with Crippen LogP contribution in [0.4, 0.5) is 0 Å². The third kappa shape index (κ3) is 10.4. The fraction of sp³-hybridized carbons (Fsp3) is 0.538. The first kappa shape index (κ1) is 34.7. The van der Waals surface area contributed by atoms with E-state index in [-0.39, 0.29) is 40.3 Å². The van der Waals surface area contributed by atoms with Gasteiger partial charge in [0.1, 0.15) is 0 Å². The number of aromatic amines is 3. The van der Waals surface area contributed by atoms with Crippen LogP contribution in [-0.2, 0) is 6.54 Å². The molecule has 1 atom stereocenters. The molecule has 3 aromatic rings. The summed E-state index contributed by atoms with van der Waals surface area (Å²) >= 11 is 9.26. The Balaban J connectivity index is 0.000000218. The second-order valence-electron chi connectivity index (χ2n) is 10.0. The number of aromatic nitrogens is 6. The Hall–Kier alpha value is -2.52. The summed E-state index contributed by atoms with van der Waals surface area (Å²) in [5.41, 5.74) is -2.18. The number of rotatable bonds is 5. The van der Waals surface area contributed by atoms with E-state index in [1.807, 2.05) is 27.7 Å². The highest BCUT2D eigenvalue weighted by Crippen LogP contribution is 2.24. The molecule has 1 aliphatic carbocycles. The maximum atomic E-state index is 11.6. The van der Waals surface area contributed by atoms with Gasteiger partial charge in [-0.3, -0.25) is 43.0 Å². The Morgan fingerprint density at radius 1 is 0.707 bits per heavy atom. The lowest BCUT2D eigenvalue weighted by atomic mass is 9.89. The molecule has 226 valence electrons. The molecule has 3 aromatic heterocycles. The van der Waals surface area contributed by atoms with Crippen molar-refractivity contribution in [2.24, 2.45) is 5.92 Å². The van der Waals surface area contributed by atoms with E-state index in [0.717, 1.165) is 6.42 Å². The molecule has 15 heteroatoms. The highest BCUT2D eigenvalue weighted by atomic mass is 79.9. The van der Waals surface area contributed by atoms with E-state index in [9.17, 15) is 28.8 Å². The number of halogens is 3. The molecule has 12 nitrogen and oxygen atoms in total. The maximum Gasteiger partial charge on any atom is 0.328 e. The van der Waals surface area contributed by atoms with Gasteiger partial charge in [0.2, 0.25) is 0 Å². The summed E-state index contributed by atoms with van der Waals surface area (Å²) in [4.78, 5) is 73.7. The zero-order chi connectivity index (χ0) is 30.9. The molecular formula is C26H35Br3N6O6. The summed E-state index contributed by atoms with van der Waals surface area (Å²) in [7, 11) is 0. The summed E-state index contributed by atoms with van der Waals surface area (Å²) in [6.45, 7) is 8.36. The average Bonchev–Trinajstić information content (AvgIpc) is 2.92. The standard InChI is InChI=1S/C11H15BrN2O2.C8H11BrN2O2.C7H9BrN2O2/c12-9-7-14(11(16)13-10(9)15)6-8-4-2-1-3-5-8;1-3-5(2)11-4-6(9)7(12)10-8(11)13;1-4(2)10-3-5(8)6(11)9-7(10)12/h7-8H,1-6H2,(H,13,15,16);4-5H,3H2,1-2H3,(H,10,12,13);3-4H,1-2H3,(H,9,11,12). The van der Waals surface area contributed by atoms with E-state index in [2.05, 4.69) is 62.7 Å². The van der Waals surface area contributed by atoms with Crippen LogP contribution in [0.2, 0.25) is 0 Å². The quantitative estimate of drug-likeness (QED) is 0.355. The van der Waals surface area contributed by atoms with Gasteiger partial charge in [0.25, 0.3) is 16.7 Å². The predicted octanol–water partition coefficient (Wildman–Crippen LogP) is 4.03. The minimum Gasteiger partial charge on any atom is -0.299 e. The minimum atomic E-state index is -0.392. The zero-order valence-corrected chi connectivity index (χ0v) is 28.1. The summed E-state index contributed by atoms with van der Waals surface area (Å²) < 4.78 is 5.73. The van der Waals surface area contributed by atoms with Crippen molar-refractivity contribution in [3.05, 3.63) is 94.5 Å². The van der Waals surface area contributed by atoms with E-state index in [1.165, 1.54) is 53.6 Å². The Morgan fingerprint density at radius 2 is 1.15 bits per heavy atom. The molecule has 1 aliphatic rings. The van der Waals surface area contributed by atoms with Crippen LogP contribution in [0.1, 0.15) is 78.3 Å². The van der Waals surface area contributed by atoms with Gasteiger partial charge < -0.3 is 0 Å². The Kier molecular flexibility index (Phi) is 13.7. The van der Waals surface area contributed by atoms with Crippen molar-refractivity contribution in [2.45, 2.75) is 84.8 Å². The van der Waals surface area contributed by atoms with Crippen LogP contribution in [0.15, 0.2) is 60.8 Å². The van der Waals surface area contributed by atoms with Gasteiger partial charge in [-0.2, -0.15) is 0 Å². The van der Waals surface area contributed by atoms with Gasteiger partial charge >= 0.3 is 17.1 Å². The van der Waals surface area contributed by atoms with Crippen molar-refractivity contribution in [3.63, 3.8) is 0 Å². The molecular weight excluding hydrogens is 732 g/mol. The third-order valence-corrected chi connectivity index (χ3v) is 8.31. The summed E-state index contributed by atoms with van der Waals surface area (Å²) in [6, 6.07) is 0.145. The SMILES string of the molecule is CC(C)n1cc(Br)c(=O)[nH]c1=O.CCC(C)n1cc(Br)c(=O)[nH]c1=O.O=c1[nH]c(=O)n(CC2CCCCC2)cc1Br. The topological polar surface area (TPSA) is 165 Å². The van der Waals surface area contributed by atoms with Gasteiger partial charge in [0.05, 0.1) is 13.4 Å². The third-order valence-electron chi connectivity index (χ3n) is 6.62. The highest BCUT2D eigenvalue weighted by molar-refractivity contribution is 9.11. The Labute approximate surface area is 260 Å². The normalized spacial score (nSPS) is 14.0. The first-order valence-corrected chi connectivity index (χ1v) is 15.6. The van der Waals surface area contributed by atoms with Crippen molar-refractivity contribution < 1.29 is 0 Å².